The second kappa shape index (κ2) is 4.55. The molecule has 1 rings (SSSR count). The zero-order valence-corrected chi connectivity index (χ0v) is 9.08. The number of rotatable bonds is 3. The molecule has 1 aromatic rings. The maximum absolute atomic E-state index is 11.5. The summed E-state index contributed by atoms with van der Waals surface area (Å²) in [5, 5.41) is 21.8. The predicted octanol–water partition coefficient (Wildman–Crippen LogP) is -0.853. The summed E-state index contributed by atoms with van der Waals surface area (Å²) in [6.07, 6.45) is 0. The molecule has 0 aliphatic rings. The highest BCUT2D eigenvalue weighted by Crippen LogP contribution is 2.00. The highest BCUT2D eigenvalue weighted by molar-refractivity contribution is 5.90. The molecule has 0 bridgehead atoms. The van der Waals surface area contributed by atoms with Crippen LogP contribution >= 0.6 is 0 Å². The number of hydrogen-bond donors (Lipinski definition) is 2. The van der Waals surface area contributed by atoms with Gasteiger partial charge in [-0.2, -0.15) is 4.80 Å². The van der Waals surface area contributed by atoms with Crippen molar-refractivity contribution in [3.63, 3.8) is 0 Å². The van der Waals surface area contributed by atoms with Crippen molar-refractivity contribution in [3.05, 3.63) is 0 Å². The van der Waals surface area contributed by atoms with Crippen molar-refractivity contribution < 1.29 is 14.7 Å². The van der Waals surface area contributed by atoms with Gasteiger partial charge in [0, 0.05) is 7.05 Å². The Labute approximate surface area is 91.0 Å². The molecule has 1 heterocycles. The molecular weight excluding hydrogens is 216 g/mol. The number of carbonyl (C=O) groups excluding carboxylic acids is 1. The summed E-state index contributed by atoms with van der Waals surface area (Å²) in [5.41, 5.74) is 0. The van der Waals surface area contributed by atoms with Gasteiger partial charge < -0.3 is 10.0 Å². The van der Waals surface area contributed by atoms with Gasteiger partial charge in [0.15, 0.2) is 0 Å². The molecule has 0 aromatic carbocycles. The third kappa shape index (κ3) is 2.65. The maximum atomic E-state index is 11.5. The molecule has 2 N–H and O–H groups in total. The molecule has 9 nitrogen and oxygen atoms in total. The number of carbonyl (C=O) groups is 2. The Morgan fingerprint density at radius 1 is 1.56 bits per heavy atom. The van der Waals surface area contributed by atoms with E-state index in [1.165, 1.54) is 18.8 Å². The highest BCUT2D eigenvalue weighted by Gasteiger charge is 2.22. The number of carboxylic acids is 1. The van der Waals surface area contributed by atoms with Crippen molar-refractivity contribution in [2.75, 3.05) is 12.4 Å². The molecule has 0 fully saturated rings. The standard InChI is InChI=1S/C7H12N6O3/c1-4(5(14)15)12(2)7(16)8-6-9-11-13(3)10-6/h4H,1-3H3,(H,14,15)(H,8,10,16). The number of nitrogens with zero attached hydrogens (tertiary/aromatic N) is 5. The summed E-state index contributed by atoms with van der Waals surface area (Å²) in [4.78, 5) is 24.3. The third-order valence-electron chi connectivity index (χ3n) is 1.99. The van der Waals surface area contributed by atoms with E-state index in [0.717, 1.165) is 4.90 Å². The van der Waals surface area contributed by atoms with E-state index < -0.39 is 18.0 Å². The van der Waals surface area contributed by atoms with Crippen LogP contribution in [0.3, 0.4) is 0 Å². The SMILES string of the molecule is CC(C(=O)O)N(C)C(=O)Nc1nnn(C)n1. The molecule has 0 saturated heterocycles. The molecule has 0 aliphatic heterocycles. The van der Waals surface area contributed by atoms with Gasteiger partial charge in [-0.15, -0.1) is 5.10 Å². The first-order chi connectivity index (χ1) is 7.41. The van der Waals surface area contributed by atoms with Gasteiger partial charge in [0.25, 0.3) is 5.95 Å². The summed E-state index contributed by atoms with van der Waals surface area (Å²) in [7, 11) is 2.91. The predicted molar refractivity (Wildman–Crippen MR) is 52.7 cm³/mol. The molecule has 9 heteroatoms. The molecule has 1 unspecified atom stereocenters. The first-order valence-electron chi connectivity index (χ1n) is 4.42. The molecule has 0 aliphatic carbocycles. The molecule has 88 valence electrons. The van der Waals surface area contributed by atoms with Crippen molar-refractivity contribution in [1.82, 2.24) is 25.1 Å². The normalized spacial score (nSPS) is 11.9. The van der Waals surface area contributed by atoms with Crippen molar-refractivity contribution >= 4 is 17.9 Å². The lowest BCUT2D eigenvalue weighted by Crippen LogP contribution is -2.42. The van der Waals surface area contributed by atoms with E-state index >= 15 is 0 Å². The summed E-state index contributed by atoms with van der Waals surface area (Å²) in [6, 6.07) is -1.54. The fourth-order valence-corrected chi connectivity index (χ4v) is 0.860. The van der Waals surface area contributed by atoms with Crippen LogP contribution in [0.5, 0.6) is 0 Å². The van der Waals surface area contributed by atoms with Crippen LogP contribution in [0.1, 0.15) is 6.92 Å². The van der Waals surface area contributed by atoms with E-state index in [0.29, 0.717) is 0 Å². The first kappa shape index (κ1) is 11.9. The van der Waals surface area contributed by atoms with E-state index in [1.54, 1.807) is 7.05 Å². The minimum absolute atomic E-state index is 0.0249. The molecule has 1 aromatic heterocycles. The van der Waals surface area contributed by atoms with Crippen molar-refractivity contribution in [3.8, 4) is 0 Å². The van der Waals surface area contributed by atoms with Crippen LogP contribution in [0.4, 0.5) is 10.7 Å². The summed E-state index contributed by atoms with van der Waals surface area (Å²) in [6.45, 7) is 1.39. The second-order valence-corrected chi connectivity index (χ2v) is 3.16. The number of anilines is 1. The first-order valence-corrected chi connectivity index (χ1v) is 4.42. The second-order valence-electron chi connectivity index (χ2n) is 3.16. The van der Waals surface area contributed by atoms with Crippen LogP contribution in [-0.2, 0) is 11.8 Å². The number of urea groups is 1. The number of tetrazole rings is 1. The van der Waals surface area contributed by atoms with Crippen molar-refractivity contribution in [1.29, 1.82) is 0 Å². The van der Waals surface area contributed by atoms with Crippen LogP contribution in [0.15, 0.2) is 0 Å². The van der Waals surface area contributed by atoms with Gasteiger partial charge in [-0.1, -0.05) is 5.10 Å². The molecule has 16 heavy (non-hydrogen) atoms. The van der Waals surface area contributed by atoms with E-state index in [2.05, 4.69) is 20.7 Å². The van der Waals surface area contributed by atoms with Crippen LogP contribution < -0.4 is 5.32 Å². The maximum Gasteiger partial charge on any atom is 0.326 e. The average Bonchev–Trinajstić information content (AvgIpc) is 2.61. The Hall–Kier alpha value is -2.19. The van der Waals surface area contributed by atoms with Gasteiger partial charge in [-0.3, -0.25) is 5.32 Å². The van der Waals surface area contributed by atoms with Gasteiger partial charge >= 0.3 is 12.0 Å². The van der Waals surface area contributed by atoms with Crippen LogP contribution in [-0.4, -0.2) is 55.3 Å². The fourth-order valence-electron chi connectivity index (χ4n) is 0.860. The van der Waals surface area contributed by atoms with Gasteiger partial charge in [-0.05, 0) is 12.1 Å². The molecule has 0 radical (unpaired) electrons. The average molecular weight is 228 g/mol. The largest absolute Gasteiger partial charge is 0.480 e. The topological polar surface area (TPSA) is 113 Å². The Morgan fingerprint density at radius 3 is 2.62 bits per heavy atom. The number of likely N-dealkylation sites (N-methyl/N-ethyl adjacent to an activating group) is 1. The number of aryl methyl sites for hydroxylation is 1. The molecule has 0 spiro atoms. The van der Waals surface area contributed by atoms with Gasteiger partial charge in [0.2, 0.25) is 0 Å². The fraction of sp³-hybridized carbons (Fsp3) is 0.571. The number of aliphatic carboxylic acids is 1. The third-order valence-corrected chi connectivity index (χ3v) is 1.99. The van der Waals surface area contributed by atoms with E-state index in [1.807, 2.05) is 0 Å². The smallest absolute Gasteiger partial charge is 0.326 e. The zero-order valence-electron chi connectivity index (χ0n) is 9.08. The Morgan fingerprint density at radius 2 is 2.19 bits per heavy atom. The number of aromatic nitrogens is 4. The van der Waals surface area contributed by atoms with Gasteiger partial charge in [0.05, 0.1) is 7.05 Å². The number of amides is 2. The molecule has 2 amide bonds. The van der Waals surface area contributed by atoms with E-state index in [-0.39, 0.29) is 5.95 Å². The quantitative estimate of drug-likeness (QED) is 0.696. The highest BCUT2D eigenvalue weighted by atomic mass is 16.4. The lowest BCUT2D eigenvalue weighted by molar-refractivity contribution is -0.141. The monoisotopic (exact) mass is 228 g/mol. The van der Waals surface area contributed by atoms with Crippen LogP contribution in [0, 0.1) is 0 Å². The molecular formula is C7H12N6O3. The Balaban J connectivity index is 2.62. The number of nitrogens with one attached hydrogen (secondary N) is 1. The summed E-state index contributed by atoms with van der Waals surface area (Å²) in [5.74, 6) is -1.07. The van der Waals surface area contributed by atoms with E-state index in [9.17, 15) is 9.59 Å². The summed E-state index contributed by atoms with van der Waals surface area (Å²) < 4.78 is 0. The van der Waals surface area contributed by atoms with Crippen molar-refractivity contribution in [2.24, 2.45) is 7.05 Å². The minimum atomic E-state index is -1.09. The molecule has 1 atom stereocenters. The zero-order chi connectivity index (χ0) is 12.3. The summed E-state index contributed by atoms with van der Waals surface area (Å²) >= 11 is 0. The Kier molecular flexibility index (Phi) is 3.38. The van der Waals surface area contributed by atoms with Crippen LogP contribution in [0.2, 0.25) is 0 Å². The lowest BCUT2D eigenvalue weighted by atomic mass is 10.3. The number of hydrogen-bond acceptors (Lipinski definition) is 5. The van der Waals surface area contributed by atoms with Crippen molar-refractivity contribution in [2.45, 2.75) is 13.0 Å². The van der Waals surface area contributed by atoms with Gasteiger partial charge in [-0.25, -0.2) is 9.59 Å². The van der Waals surface area contributed by atoms with Crippen LogP contribution in [0.25, 0.3) is 0 Å². The number of carboxylic acid groups (broad SMARTS) is 1. The lowest BCUT2D eigenvalue weighted by Gasteiger charge is -2.20. The van der Waals surface area contributed by atoms with Gasteiger partial charge in [0.1, 0.15) is 6.04 Å². The molecule has 0 saturated carbocycles. The Bertz CT molecular complexity index is 403. The minimum Gasteiger partial charge on any atom is -0.480 e. The van der Waals surface area contributed by atoms with E-state index in [4.69, 9.17) is 5.11 Å².